The molecule has 0 aliphatic carbocycles. The predicted molar refractivity (Wildman–Crippen MR) is 87.0 cm³/mol. The summed E-state index contributed by atoms with van der Waals surface area (Å²) in [7, 11) is 3.31. The smallest absolute Gasteiger partial charge is 0.127 e. The molecule has 0 saturated carbocycles. The highest BCUT2D eigenvalue weighted by Gasteiger charge is 2.30. The highest BCUT2D eigenvalue weighted by molar-refractivity contribution is 5.42. The molecular weight excluding hydrogens is 290 g/mol. The molecule has 1 aliphatic heterocycles. The largest absolute Gasteiger partial charge is 0.497 e. The Hall–Kier alpha value is -2.24. The molecule has 23 heavy (non-hydrogen) atoms. The van der Waals surface area contributed by atoms with Crippen LogP contribution < -0.4 is 9.47 Å². The van der Waals surface area contributed by atoms with Gasteiger partial charge in [0.25, 0.3) is 0 Å². The minimum Gasteiger partial charge on any atom is -0.497 e. The summed E-state index contributed by atoms with van der Waals surface area (Å²) in [5, 5.41) is 18.0. The maximum absolute atomic E-state index is 9.31. The molecule has 122 valence electrons. The van der Waals surface area contributed by atoms with Crippen LogP contribution in [0.2, 0.25) is 0 Å². The van der Waals surface area contributed by atoms with Gasteiger partial charge in [0.05, 0.1) is 32.3 Å². The number of benzene rings is 1. The lowest BCUT2D eigenvalue weighted by molar-refractivity contribution is 0.226. The first-order chi connectivity index (χ1) is 11.2. The quantitative estimate of drug-likeness (QED) is 0.772. The summed E-state index contributed by atoms with van der Waals surface area (Å²) in [5.74, 6) is 1.50. The Kier molecular flexibility index (Phi) is 6.26. The van der Waals surface area contributed by atoms with E-state index < -0.39 is 0 Å². The summed E-state index contributed by atoms with van der Waals surface area (Å²) in [6, 6.07) is 10.6. The van der Waals surface area contributed by atoms with Crippen molar-refractivity contribution in [3.05, 3.63) is 23.8 Å². The van der Waals surface area contributed by atoms with Gasteiger partial charge in [0.15, 0.2) is 0 Å². The molecule has 1 heterocycles. The van der Waals surface area contributed by atoms with E-state index in [1.807, 2.05) is 12.1 Å². The molecule has 5 heteroatoms. The Morgan fingerprint density at radius 2 is 2.13 bits per heavy atom. The fourth-order valence-corrected chi connectivity index (χ4v) is 3.21. The van der Waals surface area contributed by atoms with Crippen LogP contribution >= 0.6 is 0 Å². The van der Waals surface area contributed by atoms with Crippen molar-refractivity contribution in [1.29, 1.82) is 10.5 Å². The van der Waals surface area contributed by atoms with E-state index in [-0.39, 0.29) is 12.0 Å². The van der Waals surface area contributed by atoms with Crippen LogP contribution in [0.1, 0.15) is 37.3 Å². The Bertz CT molecular complexity index is 603. The zero-order chi connectivity index (χ0) is 16.7. The van der Waals surface area contributed by atoms with Crippen molar-refractivity contribution in [2.45, 2.75) is 31.7 Å². The first kappa shape index (κ1) is 17.1. The maximum atomic E-state index is 9.31. The minimum atomic E-state index is -0.0977. The molecule has 1 aromatic rings. The molecule has 2 unspecified atom stereocenters. The van der Waals surface area contributed by atoms with E-state index in [4.69, 9.17) is 14.7 Å². The van der Waals surface area contributed by atoms with Gasteiger partial charge >= 0.3 is 0 Å². The second kappa shape index (κ2) is 8.41. The standard InChI is InChI=1S/C18H23N3O2/c1-22-15-7-8-16(18(11-15)23-2)17-6-4-10-21(17)13-14(12-20)5-3-9-19/h7-8,11,14,17H,3-6,10,13H2,1-2H3. The summed E-state index contributed by atoms with van der Waals surface area (Å²) < 4.78 is 10.8. The summed E-state index contributed by atoms with van der Waals surface area (Å²) in [4.78, 5) is 2.34. The molecule has 1 aliphatic rings. The SMILES string of the molecule is COc1ccc(C2CCCN2CC(C#N)CCC#N)c(OC)c1. The van der Waals surface area contributed by atoms with E-state index in [0.29, 0.717) is 19.4 Å². The lowest BCUT2D eigenvalue weighted by Crippen LogP contribution is -2.29. The molecule has 0 amide bonds. The molecule has 5 nitrogen and oxygen atoms in total. The second-order valence-electron chi connectivity index (χ2n) is 5.78. The average Bonchev–Trinajstić information content (AvgIpc) is 3.05. The second-order valence-corrected chi connectivity index (χ2v) is 5.78. The van der Waals surface area contributed by atoms with Gasteiger partial charge in [-0.05, 0) is 31.9 Å². The molecule has 0 spiro atoms. The van der Waals surface area contributed by atoms with Gasteiger partial charge in [0.1, 0.15) is 11.5 Å². The number of nitriles is 2. The van der Waals surface area contributed by atoms with Gasteiger partial charge in [0, 0.05) is 30.6 Å². The monoisotopic (exact) mass is 313 g/mol. The first-order valence-electron chi connectivity index (χ1n) is 7.96. The summed E-state index contributed by atoms with van der Waals surface area (Å²) in [6.45, 7) is 1.68. The Morgan fingerprint density at radius 1 is 1.30 bits per heavy atom. The van der Waals surface area contributed by atoms with E-state index in [0.717, 1.165) is 36.4 Å². The number of rotatable bonds is 7. The van der Waals surface area contributed by atoms with Gasteiger partial charge in [-0.15, -0.1) is 0 Å². The fourth-order valence-electron chi connectivity index (χ4n) is 3.21. The summed E-state index contributed by atoms with van der Waals surface area (Å²) >= 11 is 0. The molecule has 0 radical (unpaired) electrons. The predicted octanol–water partition coefficient (Wildman–Crippen LogP) is 3.28. The fraction of sp³-hybridized carbons (Fsp3) is 0.556. The molecular formula is C18H23N3O2. The third-order valence-corrected chi connectivity index (χ3v) is 4.41. The van der Waals surface area contributed by atoms with E-state index in [2.05, 4.69) is 23.1 Å². The van der Waals surface area contributed by atoms with E-state index in [1.54, 1.807) is 14.2 Å². The Labute approximate surface area is 138 Å². The summed E-state index contributed by atoms with van der Waals surface area (Å²) in [5.41, 5.74) is 1.14. The Morgan fingerprint density at radius 3 is 2.78 bits per heavy atom. The van der Waals surface area contributed by atoms with Gasteiger partial charge < -0.3 is 9.47 Å². The molecule has 2 rings (SSSR count). The van der Waals surface area contributed by atoms with Gasteiger partial charge in [-0.3, -0.25) is 4.90 Å². The zero-order valence-corrected chi connectivity index (χ0v) is 13.8. The van der Waals surface area contributed by atoms with Crippen LogP contribution in [0.4, 0.5) is 0 Å². The van der Waals surface area contributed by atoms with Crippen LogP contribution in [-0.4, -0.2) is 32.2 Å². The molecule has 0 aromatic heterocycles. The normalized spacial score (nSPS) is 18.9. The molecule has 2 atom stereocenters. The summed E-state index contributed by atoms with van der Waals surface area (Å²) in [6.07, 6.45) is 3.23. The lowest BCUT2D eigenvalue weighted by atomic mass is 10.0. The highest BCUT2D eigenvalue weighted by Crippen LogP contribution is 2.39. The lowest BCUT2D eigenvalue weighted by Gasteiger charge is -2.27. The van der Waals surface area contributed by atoms with E-state index in [1.165, 1.54) is 0 Å². The molecule has 0 N–H and O–H groups in total. The van der Waals surface area contributed by atoms with Gasteiger partial charge in [-0.2, -0.15) is 10.5 Å². The van der Waals surface area contributed by atoms with Crippen molar-refractivity contribution in [3.63, 3.8) is 0 Å². The number of likely N-dealkylation sites (tertiary alicyclic amines) is 1. The third-order valence-electron chi connectivity index (χ3n) is 4.41. The van der Waals surface area contributed by atoms with Crippen molar-refractivity contribution in [1.82, 2.24) is 4.90 Å². The average molecular weight is 313 g/mol. The minimum absolute atomic E-state index is 0.0977. The zero-order valence-electron chi connectivity index (χ0n) is 13.8. The van der Waals surface area contributed by atoms with E-state index in [9.17, 15) is 5.26 Å². The van der Waals surface area contributed by atoms with Crippen molar-refractivity contribution >= 4 is 0 Å². The highest BCUT2D eigenvalue weighted by atomic mass is 16.5. The van der Waals surface area contributed by atoms with Crippen LogP contribution in [0.25, 0.3) is 0 Å². The van der Waals surface area contributed by atoms with Crippen molar-refractivity contribution in [2.75, 3.05) is 27.3 Å². The molecule has 1 saturated heterocycles. The number of methoxy groups -OCH3 is 2. The van der Waals surface area contributed by atoms with Gasteiger partial charge in [0.2, 0.25) is 0 Å². The first-order valence-corrected chi connectivity index (χ1v) is 7.96. The maximum Gasteiger partial charge on any atom is 0.127 e. The van der Waals surface area contributed by atoms with Crippen molar-refractivity contribution in [3.8, 4) is 23.6 Å². The molecule has 1 aromatic carbocycles. The number of nitrogens with zero attached hydrogens (tertiary/aromatic N) is 3. The van der Waals surface area contributed by atoms with Crippen LogP contribution in [0.5, 0.6) is 11.5 Å². The van der Waals surface area contributed by atoms with Crippen LogP contribution in [0.3, 0.4) is 0 Å². The number of ether oxygens (including phenoxy) is 2. The van der Waals surface area contributed by atoms with Crippen LogP contribution in [-0.2, 0) is 0 Å². The number of hydrogen-bond acceptors (Lipinski definition) is 5. The topological polar surface area (TPSA) is 69.3 Å². The number of hydrogen-bond donors (Lipinski definition) is 0. The van der Waals surface area contributed by atoms with Crippen LogP contribution in [0, 0.1) is 28.6 Å². The molecule has 1 fully saturated rings. The van der Waals surface area contributed by atoms with Crippen molar-refractivity contribution < 1.29 is 9.47 Å². The third kappa shape index (κ3) is 4.15. The van der Waals surface area contributed by atoms with Gasteiger partial charge in [-0.25, -0.2) is 0 Å². The Balaban J connectivity index is 2.15. The molecule has 0 bridgehead atoms. The van der Waals surface area contributed by atoms with Gasteiger partial charge in [-0.1, -0.05) is 6.07 Å². The van der Waals surface area contributed by atoms with Crippen molar-refractivity contribution in [2.24, 2.45) is 5.92 Å². The van der Waals surface area contributed by atoms with Crippen LogP contribution in [0.15, 0.2) is 18.2 Å². The van der Waals surface area contributed by atoms with E-state index >= 15 is 0 Å².